The number of amides is 2. The van der Waals surface area contributed by atoms with E-state index in [1.54, 1.807) is 11.4 Å². The lowest BCUT2D eigenvalue weighted by Crippen LogP contribution is -2.28. The molecule has 1 aromatic carbocycles. The standard InChI is InChI=1S/C16H15N5O5S/c1-10(22)18-14-7-12(9-27-14)15(20-26-2)16(23)19-17-8-11-3-5-13(6-4-11)21(24)25/h3-9H,1-2H3,(H,18,22)(H,19,23). The summed E-state index contributed by atoms with van der Waals surface area (Å²) in [5.41, 5.74) is 3.26. The first kappa shape index (κ1) is 19.7. The molecule has 140 valence electrons. The van der Waals surface area contributed by atoms with Crippen LogP contribution in [0.2, 0.25) is 0 Å². The van der Waals surface area contributed by atoms with Crippen molar-refractivity contribution < 1.29 is 19.3 Å². The molecule has 0 aliphatic heterocycles. The Morgan fingerprint density at radius 3 is 2.59 bits per heavy atom. The molecule has 0 saturated carbocycles. The average molecular weight is 389 g/mol. The molecule has 2 amide bonds. The molecule has 2 N–H and O–H groups in total. The van der Waals surface area contributed by atoms with E-state index in [0.29, 0.717) is 16.1 Å². The van der Waals surface area contributed by atoms with Gasteiger partial charge in [-0.1, -0.05) is 5.16 Å². The van der Waals surface area contributed by atoms with Crippen LogP contribution in [0.3, 0.4) is 0 Å². The van der Waals surface area contributed by atoms with E-state index in [4.69, 9.17) is 4.84 Å². The van der Waals surface area contributed by atoms with Crippen LogP contribution >= 0.6 is 11.3 Å². The SMILES string of the molecule is CON=C(C(=O)NN=Cc1ccc([N+](=O)[O-])cc1)c1csc(NC(C)=O)c1. The van der Waals surface area contributed by atoms with Gasteiger partial charge in [0.15, 0.2) is 5.71 Å². The van der Waals surface area contributed by atoms with Crippen molar-refractivity contribution in [3.05, 3.63) is 57.0 Å². The van der Waals surface area contributed by atoms with E-state index in [2.05, 4.69) is 21.0 Å². The Labute approximate surface area is 157 Å². The van der Waals surface area contributed by atoms with Gasteiger partial charge in [-0.15, -0.1) is 11.3 Å². The van der Waals surface area contributed by atoms with Gasteiger partial charge in [0.1, 0.15) is 7.11 Å². The number of nitro benzene ring substituents is 1. The predicted octanol–water partition coefficient (Wildman–Crippen LogP) is 2.12. The zero-order chi connectivity index (χ0) is 19.8. The number of hydrogen-bond acceptors (Lipinski definition) is 8. The van der Waals surface area contributed by atoms with Crippen molar-refractivity contribution in [2.75, 3.05) is 12.4 Å². The molecule has 1 heterocycles. The van der Waals surface area contributed by atoms with Gasteiger partial charge in [-0.05, 0) is 23.8 Å². The molecule has 1 aromatic heterocycles. The van der Waals surface area contributed by atoms with E-state index in [0.717, 1.165) is 0 Å². The van der Waals surface area contributed by atoms with Crippen molar-refractivity contribution in [1.82, 2.24) is 5.43 Å². The first-order chi connectivity index (χ1) is 12.9. The van der Waals surface area contributed by atoms with Crippen LogP contribution in [0, 0.1) is 10.1 Å². The monoisotopic (exact) mass is 389 g/mol. The van der Waals surface area contributed by atoms with Crippen molar-refractivity contribution in [3.63, 3.8) is 0 Å². The Balaban J connectivity index is 2.06. The maximum Gasteiger partial charge on any atom is 0.294 e. The topological polar surface area (TPSA) is 135 Å². The molecule has 0 aliphatic carbocycles. The maximum atomic E-state index is 12.3. The van der Waals surface area contributed by atoms with Crippen LogP contribution in [0.25, 0.3) is 0 Å². The highest BCUT2D eigenvalue weighted by Crippen LogP contribution is 2.21. The van der Waals surface area contributed by atoms with Gasteiger partial charge in [-0.3, -0.25) is 19.7 Å². The van der Waals surface area contributed by atoms with Gasteiger partial charge in [0.2, 0.25) is 5.91 Å². The predicted molar refractivity (Wildman–Crippen MR) is 101 cm³/mol. The van der Waals surface area contributed by atoms with Crippen LogP contribution in [0.4, 0.5) is 10.7 Å². The van der Waals surface area contributed by atoms with Crippen LogP contribution < -0.4 is 10.7 Å². The third-order valence-electron chi connectivity index (χ3n) is 3.05. The molecule has 0 radical (unpaired) electrons. The number of anilines is 1. The molecule has 0 spiro atoms. The Hall–Kier alpha value is -3.60. The van der Waals surface area contributed by atoms with Gasteiger partial charge >= 0.3 is 0 Å². The Morgan fingerprint density at radius 1 is 1.30 bits per heavy atom. The summed E-state index contributed by atoms with van der Waals surface area (Å²) >= 11 is 1.23. The van der Waals surface area contributed by atoms with Gasteiger partial charge in [0, 0.05) is 30.0 Å². The lowest BCUT2D eigenvalue weighted by Gasteiger charge is -2.02. The smallest absolute Gasteiger partial charge is 0.294 e. The number of thiophene rings is 1. The van der Waals surface area contributed by atoms with Gasteiger partial charge in [0.25, 0.3) is 11.6 Å². The summed E-state index contributed by atoms with van der Waals surface area (Å²) in [6.45, 7) is 1.38. The molecule has 2 aromatic rings. The summed E-state index contributed by atoms with van der Waals surface area (Å²) in [5, 5.41) is 22.9. The second-order valence-electron chi connectivity index (χ2n) is 5.05. The largest absolute Gasteiger partial charge is 0.398 e. The quantitative estimate of drug-likeness (QED) is 0.425. The molecular formula is C16H15N5O5S. The summed E-state index contributed by atoms with van der Waals surface area (Å²) in [4.78, 5) is 38.2. The van der Waals surface area contributed by atoms with Crippen molar-refractivity contribution >= 4 is 45.8 Å². The third-order valence-corrected chi connectivity index (χ3v) is 3.90. The van der Waals surface area contributed by atoms with Crippen LogP contribution in [0.1, 0.15) is 18.1 Å². The van der Waals surface area contributed by atoms with Crippen LogP contribution in [0.5, 0.6) is 0 Å². The fourth-order valence-electron chi connectivity index (χ4n) is 1.92. The molecule has 0 atom stereocenters. The second kappa shape index (κ2) is 9.20. The molecule has 0 unspecified atom stereocenters. The van der Waals surface area contributed by atoms with E-state index < -0.39 is 10.8 Å². The highest BCUT2D eigenvalue weighted by Gasteiger charge is 2.17. The summed E-state index contributed by atoms with van der Waals surface area (Å²) in [7, 11) is 1.30. The molecule has 11 heteroatoms. The fourth-order valence-corrected chi connectivity index (χ4v) is 2.75. The highest BCUT2D eigenvalue weighted by atomic mass is 32.1. The minimum atomic E-state index is -0.623. The van der Waals surface area contributed by atoms with E-state index in [1.807, 2.05) is 0 Å². The zero-order valence-corrected chi connectivity index (χ0v) is 15.1. The van der Waals surface area contributed by atoms with E-state index in [1.165, 1.54) is 55.9 Å². The number of non-ortho nitro benzene ring substituents is 1. The minimum absolute atomic E-state index is 0.0220. The number of nitro groups is 1. The molecule has 10 nitrogen and oxygen atoms in total. The second-order valence-corrected chi connectivity index (χ2v) is 5.96. The van der Waals surface area contributed by atoms with E-state index in [9.17, 15) is 19.7 Å². The first-order valence-electron chi connectivity index (χ1n) is 7.46. The number of carbonyl (C=O) groups excluding carboxylic acids is 2. The Bertz CT molecular complexity index is 904. The molecular weight excluding hydrogens is 374 g/mol. The Morgan fingerprint density at radius 2 is 2.00 bits per heavy atom. The Kier molecular flexibility index (Phi) is 6.72. The maximum absolute atomic E-state index is 12.3. The lowest BCUT2D eigenvalue weighted by atomic mass is 10.2. The number of oxime groups is 1. The zero-order valence-electron chi connectivity index (χ0n) is 14.3. The van der Waals surface area contributed by atoms with Crippen molar-refractivity contribution in [3.8, 4) is 0 Å². The summed E-state index contributed by atoms with van der Waals surface area (Å²) < 4.78 is 0. The van der Waals surface area contributed by atoms with E-state index in [-0.39, 0.29) is 17.3 Å². The highest BCUT2D eigenvalue weighted by molar-refractivity contribution is 7.14. The van der Waals surface area contributed by atoms with Crippen LogP contribution in [-0.2, 0) is 14.4 Å². The number of carbonyl (C=O) groups is 2. The number of hydrazone groups is 1. The van der Waals surface area contributed by atoms with Crippen molar-refractivity contribution in [1.29, 1.82) is 0 Å². The third kappa shape index (κ3) is 5.71. The molecule has 27 heavy (non-hydrogen) atoms. The minimum Gasteiger partial charge on any atom is -0.398 e. The molecule has 0 aliphatic rings. The number of rotatable bonds is 7. The summed E-state index contributed by atoms with van der Waals surface area (Å²) in [5.74, 6) is -0.854. The number of nitrogens with zero attached hydrogens (tertiary/aromatic N) is 3. The number of nitrogens with one attached hydrogen (secondary N) is 2. The summed E-state index contributed by atoms with van der Waals surface area (Å²) in [6.07, 6.45) is 1.34. The number of hydrogen-bond donors (Lipinski definition) is 2. The average Bonchev–Trinajstić information content (AvgIpc) is 3.07. The van der Waals surface area contributed by atoms with Crippen molar-refractivity contribution in [2.45, 2.75) is 6.92 Å². The van der Waals surface area contributed by atoms with Gasteiger partial charge in [0.05, 0.1) is 16.1 Å². The first-order valence-corrected chi connectivity index (χ1v) is 8.34. The van der Waals surface area contributed by atoms with Gasteiger partial charge < -0.3 is 10.2 Å². The fraction of sp³-hybridized carbons (Fsp3) is 0.125. The molecule has 0 fully saturated rings. The molecule has 0 saturated heterocycles. The normalized spacial score (nSPS) is 11.3. The van der Waals surface area contributed by atoms with Crippen molar-refractivity contribution in [2.24, 2.45) is 10.3 Å². The van der Waals surface area contributed by atoms with E-state index >= 15 is 0 Å². The molecule has 2 rings (SSSR count). The molecule has 0 bridgehead atoms. The van der Waals surface area contributed by atoms with Gasteiger partial charge in [-0.2, -0.15) is 5.10 Å². The van der Waals surface area contributed by atoms with Crippen LogP contribution in [-0.4, -0.2) is 35.8 Å². The number of benzene rings is 1. The lowest BCUT2D eigenvalue weighted by molar-refractivity contribution is -0.384. The summed E-state index contributed by atoms with van der Waals surface area (Å²) in [6, 6.07) is 7.24. The van der Waals surface area contributed by atoms with Crippen LogP contribution in [0.15, 0.2) is 46.0 Å². The van der Waals surface area contributed by atoms with Gasteiger partial charge in [-0.25, -0.2) is 5.43 Å².